The molecule has 2 aromatic carbocycles. The van der Waals surface area contributed by atoms with Crippen LogP contribution >= 0.6 is 11.8 Å². The van der Waals surface area contributed by atoms with Gasteiger partial charge in [-0.1, -0.05) is 30.3 Å². The number of thioether (sulfide) groups is 1. The summed E-state index contributed by atoms with van der Waals surface area (Å²) in [5.41, 5.74) is 0.0244. The van der Waals surface area contributed by atoms with E-state index in [2.05, 4.69) is 0 Å². The molecule has 2 amide bonds. The average Bonchev–Trinajstić information content (AvgIpc) is 3.26. The summed E-state index contributed by atoms with van der Waals surface area (Å²) in [6.07, 6.45) is 1.61. The van der Waals surface area contributed by atoms with E-state index < -0.39 is 25.6 Å². The van der Waals surface area contributed by atoms with Crippen LogP contribution in [-0.4, -0.2) is 75.3 Å². The fourth-order valence-corrected chi connectivity index (χ4v) is 6.84. The van der Waals surface area contributed by atoms with Gasteiger partial charge in [-0.2, -0.15) is 11.8 Å². The molecule has 0 radical (unpaired) electrons. The fourth-order valence-electron chi connectivity index (χ4n) is 3.34. The molecule has 8 nitrogen and oxygen atoms in total. The second kappa shape index (κ2) is 10.1. The molecule has 1 fully saturated rings. The summed E-state index contributed by atoms with van der Waals surface area (Å²) in [5.74, 6) is -0.716. The highest BCUT2D eigenvalue weighted by Gasteiger charge is 2.33. The van der Waals surface area contributed by atoms with E-state index in [0.717, 1.165) is 6.26 Å². The summed E-state index contributed by atoms with van der Waals surface area (Å²) in [5, 5.41) is 2.59. The first-order chi connectivity index (χ1) is 15.1. The Bertz CT molecular complexity index is 1200. The molecule has 0 aromatic heterocycles. The number of rotatable bonds is 8. The summed E-state index contributed by atoms with van der Waals surface area (Å²) in [6, 6.07) is 14.0. The third-order valence-corrected chi connectivity index (χ3v) is 8.98. The van der Waals surface area contributed by atoms with E-state index in [9.17, 15) is 26.4 Å². The zero-order chi connectivity index (χ0) is 23.4. The minimum Gasteiger partial charge on any atom is -0.272 e. The largest absolute Gasteiger partial charge is 0.273 e. The standard InChI is InChI=1S/C21H24N2O6S3/c1-31(26,27)19-11-6-5-10-18(19)21(25)23-13-7-12-22(23)20(24)16-30-14-15-32(28,29)17-8-3-2-4-9-17/h2-6,8-11H,7,12-16H2,1H3. The Morgan fingerprint density at radius 3 is 2.22 bits per heavy atom. The second-order valence-corrected chi connectivity index (χ2v) is 12.5. The van der Waals surface area contributed by atoms with E-state index in [1.54, 1.807) is 30.3 Å². The third kappa shape index (κ3) is 5.70. The van der Waals surface area contributed by atoms with Gasteiger partial charge in [0, 0.05) is 25.1 Å². The number of hydrogen-bond donors (Lipinski definition) is 0. The number of benzene rings is 2. The van der Waals surface area contributed by atoms with Gasteiger partial charge in [0.1, 0.15) is 0 Å². The van der Waals surface area contributed by atoms with Crippen LogP contribution in [0.25, 0.3) is 0 Å². The SMILES string of the molecule is CS(=O)(=O)c1ccccc1C(=O)N1CCCN1C(=O)CSCCS(=O)(=O)c1ccccc1. The maximum absolute atomic E-state index is 13.0. The minimum absolute atomic E-state index is 0.0157. The first kappa shape index (κ1) is 24.3. The van der Waals surface area contributed by atoms with Crippen molar-refractivity contribution in [2.45, 2.75) is 16.2 Å². The molecule has 1 aliphatic heterocycles. The highest BCUT2D eigenvalue weighted by molar-refractivity contribution is 8.01. The lowest BCUT2D eigenvalue weighted by molar-refractivity contribution is -0.137. The molecule has 0 saturated carbocycles. The lowest BCUT2D eigenvalue weighted by Gasteiger charge is -2.28. The van der Waals surface area contributed by atoms with Gasteiger partial charge in [0.05, 0.1) is 26.9 Å². The van der Waals surface area contributed by atoms with Gasteiger partial charge in [0.2, 0.25) is 0 Å². The van der Waals surface area contributed by atoms with Crippen molar-refractivity contribution in [2.75, 3.05) is 36.6 Å². The van der Waals surface area contributed by atoms with Crippen molar-refractivity contribution < 1.29 is 26.4 Å². The zero-order valence-corrected chi connectivity index (χ0v) is 20.0. The van der Waals surface area contributed by atoms with Crippen molar-refractivity contribution in [1.29, 1.82) is 0 Å². The highest BCUT2D eigenvalue weighted by Crippen LogP contribution is 2.22. The summed E-state index contributed by atoms with van der Waals surface area (Å²) < 4.78 is 48.8. The van der Waals surface area contributed by atoms with Crippen LogP contribution in [0, 0.1) is 0 Å². The van der Waals surface area contributed by atoms with Gasteiger partial charge in [-0.15, -0.1) is 0 Å². The van der Waals surface area contributed by atoms with Gasteiger partial charge < -0.3 is 0 Å². The molecule has 2 aromatic rings. The van der Waals surface area contributed by atoms with Gasteiger partial charge >= 0.3 is 0 Å². The van der Waals surface area contributed by atoms with Crippen molar-refractivity contribution in [2.24, 2.45) is 0 Å². The zero-order valence-electron chi connectivity index (χ0n) is 17.5. The number of carbonyl (C=O) groups is 2. The minimum atomic E-state index is -3.61. The number of hydrazine groups is 1. The van der Waals surface area contributed by atoms with Crippen LogP contribution in [0.5, 0.6) is 0 Å². The van der Waals surface area contributed by atoms with Crippen LogP contribution in [0.15, 0.2) is 64.4 Å². The lowest BCUT2D eigenvalue weighted by atomic mass is 10.2. The molecule has 1 aliphatic rings. The maximum atomic E-state index is 13.0. The maximum Gasteiger partial charge on any atom is 0.273 e. The van der Waals surface area contributed by atoms with E-state index in [0.29, 0.717) is 19.5 Å². The Kier molecular flexibility index (Phi) is 7.63. The van der Waals surface area contributed by atoms with E-state index in [1.165, 1.54) is 46.0 Å². The molecular formula is C21H24N2O6S3. The molecule has 3 rings (SSSR count). The molecule has 0 spiro atoms. The van der Waals surface area contributed by atoms with Crippen LogP contribution < -0.4 is 0 Å². The number of nitrogens with zero attached hydrogens (tertiary/aromatic N) is 2. The normalized spacial score (nSPS) is 14.5. The summed E-state index contributed by atoms with van der Waals surface area (Å²) in [6.45, 7) is 0.643. The predicted molar refractivity (Wildman–Crippen MR) is 123 cm³/mol. The van der Waals surface area contributed by atoms with Crippen LogP contribution in [-0.2, 0) is 24.5 Å². The topological polar surface area (TPSA) is 109 Å². The molecule has 0 N–H and O–H groups in total. The Balaban J connectivity index is 1.61. The summed E-state index contributed by atoms with van der Waals surface area (Å²) in [7, 11) is -7.04. The van der Waals surface area contributed by atoms with E-state index >= 15 is 0 Å². The number of sulfone groups is 2. The monoisotopic (exact) mass is 496 g/mol. The number of carbonyl (C=O) groups excluding carboxylic acids is 2. The Morgan fingerprint density at radius 2 is 1.53 bits per heavy atom. The highest BCUT2D eigenvalue weighted by atomic mass is 32.2. The molecule has 0 unspecified atom stereocenters. The van der Waals surface area contributed by atoms with E-state index in [1.807, 2.05) is 0 Å². The van der Waals surface area contributed by atoms with Gasteiger partial charge in [0.15, 0.2) is 19.7 Å². The molecule has 0 aliphatic carbocycles. The van der Waals surface area contributed by atoms with Crippen LogP contribution in [0.3, 0.4) is 0 Å². The van der Waals surface area contributed by atoms with Crippen LogP contribution in [0.4, 0.5) is 0 Å². The first-order valence-electron chi connectivity index (χ1n) is 9.88. The fraction of sp³-hybridized carbons (Fsp3) is 0.333. The van der Waals surface area contributed by atoms with Gasteiger partial charge in [-0.25, -0.2) is 21.8 Å². The molecular weight excluding hydrogens is 472 g/mol. The molecule has 172 valence electrons. The Hall–Kier alpha value is -2.37. The van der Waals surface area contributed by atoms with Crippen LogP contribution in [0.2, 0.25) is 0 Å². The van der Waals surface area contributed by atoms with Gasteiger partial charge in [0.25, 0.3) is 11.8 Å². The van der Waals surface area contributed by atoms with Crippen LogP contribution in [0.1, 0.15) is 16.8 Å². The summed E-state index contributed by atoms with van der Waals surface area (Å²) >= 11 is 1.18. The third-order valence-electron chi connectivity index (χ3n) is 4.89. The Morgan fingerprint density at radius 1 is 0.906 bits per heavy atom. The first-order valence-corrected chi connectivity index (χ1v) is 14.6. The van der Waals surface area contributed by atoms with Gasteiger partial charge in [-0.05, 0) is 30.7 Å². The van der Waals surface area contributed by atoms with Crippen molar-refractivity contribution in [3.63, 3.8) is 0 Å². The smallest absolute Gasteiger partial charge is 0.272 e. The molecule has 1 saturated heterocycles. The number of amides is 2. The lowest BCUT2D eigenvalue weighted by Crippen LogP contribution is -2.46. The second-order valence-electron chi connectivity index (χ2n) is 7.25. The molecule has 0 atom stereocenters. The van der Waals surface area contributed by atoms with Crippen molar-refractivity contribution in [1.82, 2.24) is 10.0 Å². The van der Waals surface area contributed by atoms with Gasteiger partial charge in [-0.3, -0.25) is 14.6 Å². The quantitative estimate of drug-likeness (QED) is 0.514. The molecule has 11 heteroatoms. The van der Waals surface area contributed by atoms with E-state index in [-0.39, 0.29) is 38.5 Å². The Labute approximate surface area is 192 Å². The van der Waals surface area contributed by atoms with Crippen molar-refractivity contribution in [3.8, 4) is 0 Å². The molecule has 0 bridgehead atoms. The number of hydrogen-bond acceptors (Lipinski definition) is 7. The average molecular weight is 497 g/mol. The van der Waals surface area contributed by atoms with E-state index in [4.69, 9.17) is 0 Å². The molecule has 1 heterocycles. The van der Waals surface area contributed by atoms with Crippen molar-refractivity contribution in [3.05, 3.63) is 60.2 Å². The summed E-state index contributed by atoms with van der Waals surface area (Å²) in [4.78, 5) is 25.9. The van der Waals surface area contributed by atoms with Crippen molar-refractivity contribution >= 4 is 43.3 Å². The predicted octanol–water partition coefficient (Wildman–Crippen LogP) is 1.89. The molecule has 32 heavy (non-hydrogen) atoms.